The van der Waals surface area contributed by atoms with E-state index in [1.54, 1.807) is 12.1 Å². The molecule has 0 atom stereocenters. The highest BCUT2D eigenvalue weighted by atomic mass is 35.5. The Labute approximate surface area is 159 Å². The van der Waals surface area contributed by atoms with Gasteiger partial charge in [-0.25, -0.2) is 4.79 Å². The topological polar surface area (TPSA) is 45.3 Å². The van der Waals surface area contributed by atoms with E-state index >= 15 is 0 Å². The Morgan fingerprint density at radius 2 is 1.92 bits per heavy atom. The van der Waals surface area contributed by atoms with Crippen LogP contribution in [0.25, 0.3) is 17.0 Å². The van der Waals surface area contributed by atoms with Crippen LogP contribution in [-0.2, 0) is 11.3 Å². The fraction of sp³-hybridized carbons (Fsp3) is 0.190. The van der Waals surface area contributed by atoms with Crippen molar-refractivity contribution in [1.82, 2.24) is 9.88 Å². The van der Waals surface area contributed by atoms with E-state index in [-0.39, 0.29) is 18.4 Å². The van der Waals surface area contributed by atoms with Crippen LogP contribution in [0.4, 0.5) is 0 Å². The molecule has 1 N–H and O–H groups in total. The van der Waals surface area contributed by atoms with Crippen LogP contribution in [0.2, 0.25) is 0 Å². The molecule has 1 heterocycles. The largest absolute Gasteiger partial charge is 0.465 e. The third-order valence-corrected chi connectivity index (χ3v) is 4.17. The van der Waals surface area contributed by atoms with E-state index in [1.807, 2.05) is 18.3 Å². The van der Waals surface area contributed by atoms with Gasteiger partial charge in [-0.1, -0.05) is 42.5 Å². The molecule has 0 radical (unpaired) electrons. The van der Waals surface area contributed by atoms with Crippen molar-refractivity contribution in [2.45, 2.75) is 6.54 Å². The van der Waals surface area contributed by atoms with Gasteiger partial charge in [0.2, 0.25) is 0 Å². The maximum absolute atomic E-state index is 11.4. The summed E-state index contributed by atoms with van der Waals surface area (Å²) in [5, 5.41) is 1.24. The third kappa shape index (κ3) is 4.75. The van der Waals surface area contributed by atoms with E-state index in [0.29, 0.717) is 5.56 Å². The number of hydrogen-bond acceptors (Lipinski definition) is 3. The number of rotatable bonds is 6. The summed E-state index contributed by atoms with van der Waals surface area (Å²) in [7, 11) is 3.49. The fourth-order valence-corrected chi connectivity index (χ4v) is 2.85. The number of likely N-dealkylation sites (N-methyl/N-ethyl adjacent to an activating group) is 1. The molecule has 0 spiro atoms. The van der Waals surface area contributed by atoms with Gasteiger partial charge in [0.1, 0.15) is 0 Å². The van der Waals surface area contributed by atoms with E-state index in [4.69, 9.17) is 4.74 Å². The van der Waals surface area contributed by atoms with Gasteiger partial charge in [-0.2, -0.15) is 0 Å². The smallest absolute Gasteiger partial charge is 0.337 e. The first-order valence-corrected chi connectivity index (χ1v) is 8.26. The van der Waals surface area contributed by atoms with Gasteiger partial charge < -0.3 is 9.72 Å². The molecule has 0 aliphatic carbocycles. The second kappa shape index (κ2) is 9.22. The summed E-state index contributed by atoms with van der Waals surface area (Å²) in [6.07, 6.45) is 6.17. The van der Waals surface area contributed by atoms with E-state index in [0.717, 1.165) is 18.7 Å². The number of nitrogens with zero attached hydrogens (tertiary/aromatic N) is 1. The molecule has 5 heteroatoms. The zero-order chi connectivity index (χ0) is 17.6. The highest BCUT2D eigenvalue weighted by Crippen LogP contribution is 2.18. The first kappa shape index (κ1) is 19.8. The number of para-hydroxylation sites is 1. The summed E-state index contributed by atoms with van der Waals surface area (Å²) >= 11 is 0. The zero-order valence-corrected chi connectivity index (χ0v) is 15.8. The molecule has 2 aromatic carbocycles. The minimum absolute atomic E-state index is 0. The number of halogens is 1. The molecule has 1 aromatic heterocycles. The molecule has 136 valence electrons. The van der Waals surface area contributed by atoms with Crippen LogP contribution in [0, 0.1) is 0 Å². The van der Waals surface area contributed by atoms with Crippen LogP contribution in [0.15, 0.2) is 60.8 Å². The fourth-order valence-electron chi connectivity index (χ4n) is 2.85. The van der Waals surface area contributed by atoms with E-state index in [9.17, 15) is 4.79 Å². The second-order valence-corrected chi connectivity index (χ2v) is 6.07. The number of carbonyl (C=O) groups excluding carboxylic acids is 1. The molecular weight excluding hydrogens is 348 g/mol. The first-order valence-electron chi connectivity index (χ1n) is 8.26. The summed E-state index contributed by atoms with van der Waals surface area (Å²) in [5.41, 5.74) is 4.13. The monoisotopic (exact) mass is 370 g/mol. The van der Waals surface area contributed by atoms with Crippen molar-refractivity contribution in [1.29, 1.82) is 0 Å². The molecule has 0 aliphatic heterocycles. The predicted octanol–water partition coefficient (Wildman–Crippen LogP) is 4.52. The van der Waals surface area contributed by atoms with Crippen LogP contribution >= 0.6 is 12.4 Å². The van der Waals surface area contributed by atoms with Gasteiger partial charge in [0.25, 0.3) is 0 Å². The number of esters is 1. The minimum atomic E-state index is -0.311. The van der Waals surface area contributed by atoms with Crippen molar-refractivity contribution in [3.8, 4) is 0 Å². The zero-order valence-electron chi connectivity index (χ0n) is 14.9. The van der Waals surface area contributed by atoms with Crippen molar-refractivity contribution >= 4 is 35.4 Å². The maximum Gasteiger partial charge on any atom is 0.337 e. The van der Waals surface area contributed by atoms with Crippen molar-refractivity contribution in [2.24, 2.45) is 0 Å². The number of aromatic nitrogens is 1. The summed E-state index contributed by atoms with van der Waals surface area (Å²) in [5.74, 6) is -0.311. The van der Waals surface area contributed by atoms with E-state index < -0.39 is 0 Å². The molecule has 0 saturated carbocycles. The lowest BCUT2D eigenvalue weighted by molar-refractivity contribution is 0.0600. The van der Waals surface area contributed by atoms with Crippen molar-refractivity contribution < 1.29 is 9.53 Å². The van der Waals surface area contributed by atoms with Crippen molar-refractivity contribution in [2.75, 3.05) is 20.7 Å². The molecule has 0 fully saturated rings. The summed E-state index contributed by atoms with van der Waals surface area (Å²) < 4.78 is 4.70. The number of nitrogens with one attached hydrogen (secondary N) is 1. The van der Waals surface area contributed by atoms with Gasteiger partial charge in [0.05, 0.1) is 12.7 Å². The Kier molecular flexibility index (Phi) is 7.01. The molecule has 26 heavy (non-hydrogen) atoms. The quantitative estimate of drug-likeness (QED) is 0.649. The molecule has 3 aromatic rings. The summed E-state index contributed by atoms with van der Waals surface area (Å²) in [6, 6.07) is 15.9. The SMILES string of the molecule is COC(=O)c1ccc(/C=C/CN(C)Cc2cccc3cc[nH]c23)cc1.Cl. The molecule has 0 bridgehead atoms. The van der Waals surface area contributed by atoms with Gasteiger partial charge in [0, 0.05) is 24.8 Å². The Bertz CT molecular complexity index is 884. The number of H-pyrrole nitrogens is 1. The maximum atomic E-state index is 11.4. The Morgan fingerprint density at radius 1 is 1.15 bits per heavy atom. The van der Waals surface area contributed by atoms with Gasteiger partial charge in [-0.3, -0.25) is 4.90 Å². The van der Waals surface area contributed by atoms with Crippen LogP contribution in [0.1, 0.15) is 21.5 Å². The molecule has 0 saturated heterocycles. The molecule has 0 amide bonds. The molecular formula is C21H23ClN2O2. The number of aromatic amines is 1. The van der Waals surface area contributed by atoms with Gasteiger partial charge in [-0.05, 0) is 41.8 Å². The Balaban J connectivity index is 0.00000243. The van der Waals surface area contributed by atoms with Gasteiger partial charge >= 0.3 is 5.97 Å². The Morgan fingerprint density at radius 3 is 2.65 bits per heavy atom. The van der Waals surface area contributed by atoms with E-state index in [2.05, 4.69) is 53.3 Å². The van der Waals surface area contributed by atoms with Gasteiger partial charge in [-0.15, -0.1) is 12.4 Å². The average molecular weight is 371 g/mol. The number of carbonyl (C=O) groups is 1. The lowest BCUT2D eigenvalue weighted by atomic mass is 10.1. The van der Waals surface area contributed by atoms with Crippen molar-refractivity contribution in [3.63, 3.8) is 0 Å². The van der Waals surface area contributed by atoms with Crippen LogP contribution < -0.4 is 0 Å². The summed E-state index contributed by atoms with van der Waals surface area (Å²) in [4.78, 5) is 17.0. The van der Waals surface area contributed by atoms with Gasteiger partial charge in [0.15, 0.2) is 0 Å². The molecule has 0 unspecified atom stereocenters. The molecule has 3 rings (SSSR count). The van der Waals surface area contributed by atoms with Crippen LogP contribution in [-0.4, -0.2) is 36.6 Å². The second-order valence-electron chi connectivity index (χ2n) is 6.07. The standard InChI is InChI=1S/C21H22N2O2.ClH/c1-23(15-19-7-3-6-17-12-13-22-20(17)19)14-4-5-16-8-10-18(11-9-16)21(24)25-2;/h3-13,22H,14-15H2,1-2H3;1H/b5-4+;. The normalized spacial score (nSPS) is 11.0. The first-order chi connectivity index (χ1) is 12.2. The molecule has 0 aliphatic rings. The number of benzene rings is 2. The lowest BCUT2D eigenvalue weighted by Crippen LogP contribution is -2.17. The molecule has 4 nitrogen and oxygen atoms in total. The van der Waals surface area contributed by atoms with E-state index in [1.165, 1.54) is 23.6 Å². The highest BCUT2D eigenvalue weighted by molar-refractivity contribution is 5.89. The highest BCUT2D eigenvalue weighted by Gasteiger charge is 2.05. The number of methoxy groups -OCH3 is 1. The number of hydrogen-bond donors (Lipinski definition) is 1. The predicted molar refractivity (Wildman–Crippen MR) is 109 cm³/mol. The third-order valence-electron chi connectivity index (χ3n) is 4.17. The van der Waals surface area contributed by atoms with Crippen LogP contribution in [0.5, 0.6) is 0 Å². The van der Waals surface area contributed by atoms with Crippen LogP contribution in [0.3, 0.4) is 0 Å². The number of ether oxygens (including phenoxy) is 1. The minimum Gasteiger partial charge on any atom is -0.465 e. The summed E-state index contributed by atoms with van der Waals surface area (Å²) in [6.45, 7) is 1.72. The van der Waals surface area contributed by atoms with Crippen molar-refractivity contribution in [3.05, 3.63) is 77.5 Å². The average Bonchev–Trinajstić information content (AvgIpc) is 3.11. The Hall–Kier alpha value is -2.56. The lowest BCUT2D eigenvalue weighted by Gasteiger charge is -2.15. The number of fused-ring (bicyclic) bond motifs is 1.